The minimum Gasteiger partial charge on any atom is -0.480 e. The molecule has 1 N–H and O–H groups in total. The average Bonchev–Trinajstić information content (AvgIpc) is 3.07. The summed E-state index contributed by atoms with van der Waals surface area (Å²) in [6, 6.07) is 15.5. The molecule has 1 fully saturated rings. The maximum atomic E-state index is 12.1. The summed E-state index contributed by atoms with van der Waals surface area (Å²) in [5, 5.41) is 10.7. The van der Waals surface area contributed by atoms with Crippen molar-refractivity contribution in [1.82, 2.24) is 4.57 Å². The number of esters is 1. The van der Waals surface area contributed by atoms with E-state index in [2.05, 4.69) is 0 Å². The Labute approximate surface area is 169 Å². The molecule has 1 aromatic heterocycles. The van der Waals surface area contributed by atoms with Crippen LogP contribution in [-0.2, 0) is 16.1 Å². The van der Waals surface area contributed by atoms with Gasteiger partial charge in [0, 0.05) is 5.39 Å². The molecule has 5 nitrogen and oxygen atoms in total. The number of methoxy groups -OCH3 is 1. The van der Waals surface area contributed by atoms with Crippen molar-refractivity contribution >= 4 is 22.8 Å². The molecule has 0 aliphatic heterocycles. The number of hydrogen-bond donors (Lipinski definition) is 1. The number of carboxylic acids is 1. The minimum atomic E-state index is -0.905. The lowest BCUT2D eigenvalue weighted by Gasteiger charge is -2.23. The van der Waals surface area contributed by atoms with Crippen molar-refractivity contribution in [3.63, 3.8) is 0 Å². The van der Waals surface area contributed by atoms with Crippen molar-refractivity contribution in [3.05, 3.63) is 59.7 Å². The Bertz CT molecular complexity index is 1050. The van der Waals surface area contributed by atoms with Gasteiger partial charge in [-0.15, -0.1) is 0 Å². The maximum absolute atomic E-state index is 12.1. The molecule has 0 atom stereocenters. The van der Waals surface area contributed by atoms with Gasteiger partial charge in [0.1, 0.15) is 6.54 Å². The van der Waals surface area contributed by atoms with E-state index in [-0.39, 0.29) is 6.54 Å². The van der Waals surface area contributed by atoms with Gasteiger partial charge >= 0.3 is 11.9 Å². The molecule has 1 heterocycles. The number of fused-ring (bicyclic) bond motifs is 1. The zero-order chi connectivity index (χ0) is 20.4. The molecule has 0 amide bonds. The highest BCUT2D eigenvalue weighted by molar-refractivity contribution is 5.99. The number of carboxylic acid groups (broad SMARTS) is 1. The van der Waals surface area contributed by atoms with Gasteiger partial charge in [-0.2, -0.15) is 0 Å². The number of benzene rings is 2. The molecule has 2 aromatic carbocycles. The van der Waals surface area contributed by atoms with Gasteiger partial charge in [-0.1, -0.05) is 55.7 Å². The van der Waals surface area contributed by atoms with Crippen LogP contribution in [0.3, 0.4) is 0 Å². The van der Waals surface area contributed by atoms with E-state index in [1.54, 1.807) is 12.1 Å². The fraction of sp³-hybridized carbons (Fsp3) is 0.333. The Hall–Kier alpha value is -3.08. The monoisotopic (exact) mass is 391 g/mol. The first-order chi connectivity index (χ1) is 14.1. The first-order valence-electron chi connectivity index (χ1n) is 10.1. The Morgan fingerprint density at radius 3 is 2.45 bits per heavy atom. The number of aromatic nitrogens is 1. The van der Waals surface area contributed by atoms with Crippen LogP contribution in [0.1, 0.15) is 53.9 Å². The molecule has 1 aliphatic rings. The lowest BCUT2D eigenvalue weighted by Crippen LogP contribution is -2.11. The minimum absolute atomic E-state index is 0.155. The first-order valence-corrected chi connectivity index (χ1v) is 10.1. The van der Waals surface area contributed by atoms with Crippen LogP contribution in [0.15, 0.2) is 48.5 Å². The summed E-state index contributed by atoms with van der Waals surface area (Å²) in [6.07, 6.45) is 5.82. The lowest BCUT2D eigenvalue weighted by atomic mass is 9.82. The summed E-state index contributed by atoms with van der Waals surface area (Å²) in [6.45, 7) is -0.155. The van der Waals surface area contributed by atoms with Gasteiger partial charge in [0.2, 0.25) is 0 Å². The standard InChI is InChI=1S/C24H25NO4/c1-29-24(28)18-12-13-19-20(14-18)25(15-21(26)27)23(17-10-6-3-7-11-17)22(19)16-8-4-2-5-9-16/h3,6-7,10-14,16H,2,4-5,8-9,15H2,1H3,(H,26,27). The number of carbonyl (C=O) groups excluding carboxylic acids is 1. The fourth-order valence-electron chi connectivity index (χ4n) is 4.63. The van der Waals surface area contributed by atoms with Crippen LogP contribution in [0.4, 0.5) is 0 Å². The summed E-state index contributed by atoms with van der Waals surface area (Å²) in [4.78, 5) is 23.9. The van der Waals surface area contributed by atoms with E-state index in [0.717, 1.165) is 35.0 Å². The second-order valence-electron chi connectivity index (χ2n) is 7.67. The zero-order valence-electron chi connectivity index (χ0n) is 16.6. The Balaban J connectivity index is 2.03. The van der Waals surface area contributed by atoms with Gasteiger partial charge in [-0.25, -0.2) is 4.79 Å². The molecule has 0 unspecified atom stereocenters. The predicted molar refractivity (Wildman–Crippen MR) is 112 cm³/mol. The average molecular weight is 391 g/mol. The summed E-state index contributed by atoms with van der Waals surface area (Å²) in [5.74, 6) is -0.936. The molecule has 0 spiro atoms. The van der Waals surface area contributed by atoms with E-state index < -0.39 is 11.9 Å². The molecule has 29 heavy (non-hydrogen) atoms. The van der Waals surface area contributed by atoms with Gasteiger partial charge < -0.3 is 14.4 Å². The smallest absolute Gasteiger partial charge is 0.337 e. The molecule has 1 saturated carbocycles. The van der Waals surface area contributed by atoms with E-state index >= 15 is 0 Å². The Kier molecular flexibility index (Phi) is 5.38. The molecule has 5 heteroatoms. The molecule has 1 aliphatic carbocycles. The number of rotatable bonds is 5. The number of hydrogen-bond acceptors (Lipinski definition) is 3. The van der Waals surface area contributed by atoms with E-state index in [4.69, 9.17) is 4.74 Å². The molecule has 0 bridgehead atoms. The van der Waals surface area contributed by atoms with Crippen LogP contribution < -0.4 is 0 Å². The molecular formula is C24H25NO4. The number of carbonyl (C=O) groups is 2. The second-order valence-corrected chi connectivity index (χ2v) is 7.67. The largest absolute Gasteiger partial charge is 0.480 e. The van der Waals surface area contributed by atoms with E-state index in [9.17, 15) is 14.7 Å². The molecule has 4 rings (SSSR count). The van der Waals surface area contributed by atoms with E-state index in [0.29, 0.717) is 11.5 Å². The second kappa shape index (κ2) is 8.11. The number of nitrogens with zero attached hydrogens (tertiary/aromatic N) is 1. The third kappa shape index (κ3) is 3.65. The van der Waals surface area contributed by atoms with Crippen LogP contribution in [-0.4, -0.2) is 28.7 Å². The first kappa shape index (κ1) is 19.2. The summed E-state index contributed by atoms with van der Waals surface area (Å²) in [7, 11) is 1.35. The molecule has 3 aromatic rings. The van der Waals surface area contributed by atoms with Gasteiger partial charge in [0.15, 0.2) is 0 Å². The summed E-state index contributed by atoms with van der Waals surface area (Å²) < 4.78 is 6.73. The van der Waals surface area contributed by atoms with E-state index in [1.165, 1.54) is 31.9 Å². The lowest BCUT2D eigenvalue weighted by molar-refractivity contribution is -0.137. The van der Waals surface area contributed by atoms with Gasteiger partial charge in [0.25, 0.3) is 0 Å². The highest BCUT2D eigenvalue weighted by Gasteiger charge is 2.27. The van der Waals surface area contributed by atoms with Crippen LogP contribution >= 0.6 is 0 Å². The number of ether oxygens (including phenoxy) is 1. The van der Waals surface area contributed by atoms with Crippen LogP contribution in [0.2, 0.25) is 0 Å². The van der Waals surface area contributed by atoms with Crippen molar-refractivity contribution < 1.29 is 19.4 Å². The van der Waals surface area contributed by atoms with Gasteiger partial charge in [0.05, 0.1) is 23.9 Å². The maximum Gasteiger partial charge on any atom is 0.337 e. The van der Waals surface area contributed by atoms with Crippen LogP contribution in [0.5, 0.6) is 0 Å². The third-order valence-corrected chi connectivity index (χ3v) is 5.88. The van der Waals surface area contributed by atoms with Crippen molar-refractivity contribution in [2.24, 2.45) is 0 Å². The molecule has 0 saturated heterocycles. The topological polar surface area (TPSA) is 68.5 Å². The van der Waals surface area contributed by atoms with Crippen molar-refractivity contribution in [2.75, 3.05) is 7.11 Å². The molecular weight excluding hydrogens is 366 g/mol. The summed E-state index contributed by atoms with van der Waals surface area (Å²) >= 11 is 0. The highest BCUT2D eigenvalue weighted by atomic mass is 16.5. The van der Waals surface area contributed by atoms with Crippen LogP contribution in [0.25, 0.3) is 22.2 Å². The SMILES string of the molecule is COC(=O)c1ccc2c(C3CCCCC3)c(-c3ccccc3)n(CC(=O)O)c2c1. The summed E-state index contributed by atoms with van der Waals surface area (Å²) in [5.41, 5.74) is 4.37. The quantitative estimate of drug-likeness (QED) is 0.605. The van der Waals surface area contributed by atoms with Gasteiger partial charge in [-0.05, 0) is 42.0 Å². The Morgan fingerprint density at radius 2 is 1.79 bits per heavy atom. The highest BCUT2D eigenvalue weighted by Crippen LogP contribution is 2.44. The zero-order valence-corrected chi connectivity index (χ0v) is 16.6. The Morgan fingerprint density at radius 1 is 1.07 bits per heavy atom. The number of aliphatic carboxylic acids is 1. The normalized spacial score (nSPS) is 14.8. The fourth-order valence-corrected chi connectivity index (χ4v) is 4.63. The van der Waals surface area contributed by atoms with E-state index in [1.807, 2.05) is 41.0 Å². The molecule has 0 radical (unpaired) electrons. The van der Waals surface area contributed by atoms with Crippen molar-refractivity contribution in [2.45, 2.75) is 44.6 Å². The third-order valence-electron chi connectivity index (χ3n) is 5.88. The predicted octanol–water partition coefficient (Wildman–Crippen LogP) is 5.23. The molecule has 150 valence electrons. The van der Waals surface area contributed by atoms with Gasteiger partial charge in [-0.3, -0.25) is 4.79 Å². The van der Waals surface area contributed by atoms with Crippen molar-refractivity contribution in [3.8, 4) is 11.3 Å². The van der Waals surface area contributed by atoms with Crippen LogP contribution in [0, 0.1) is 0 Å². The van der Waals surface area contributed by atoms with Crippen molar-refractivity contribution in [1.29, 1.82) is 0 Å².